The number of pyridine rings is 4. The fourth-order valence-corrected chi connectivity index (χ4v) is 16.0. The Morgan fingerprint density at radius 1 is 0.460 bits per heavy atom. The molecule has 0 saturated heterocycles. The molecule has 7 fully saturated rings. The summed E-state index contributed by atoms with van der Waals surface area (Å²) in [5.74, 6) is -0.193. The topological polar surface area (TPSA) is 630 Å². The largest absolute Gasteiger partial charge is 0.481 e. The Hall–Kier alpha value is -14.7. The summed E-state index contributed by atoms with van der Waals surface area (Å²) in [5.41, 5.74) is 15.2. The molecule has 51 heteroatoms. The molecular weight excluding hydrogens is 2000 g/mol. The SMILES string of the molecule is CNOC.CO.COCn1c(C(=O)C2CC(Nc3ncccc3[N+](=O)[O-])C2)nc2ccccc21.COCn1cnc2ccccc21.CON(C)C(=O)C1CC(=O)C1.CON(C)C(=O)C1CC(N)C1.CON(C)C(=O)C1CC(NCc2ccccc2)C1.CON(C)C(=O)C1CC(Nc2ncccc2[N+](=O)[O-])C1.Cl.O=C(C1=Nc2ccccc2C1)C1CC(Nc2ncccc2[N+](=O)[O-])C1.O=C1CC(C(=O)O)C1.O=[N+]([O-])c1cccnc1Cl. The highest BCUT2D eigenvalue weighted by Gasteiger charge is 2.43. The van der Waals surface area contributed by atoms with Crippen LogP contribution in [-0.2, 0) is 98.4 Å². The first-order valence-electron chi connectivity index (χ1n) is 47.1. The van der Waals surface area contributed by atoms with E-state index in [-0.39, 0.29) is 190 Å². The molecule has 8 aliphatic rings. The zero-order valence-electron chi connectivity index (χ0n) is 85.1. The number of benzene rings is 4. The monoisotopic (exact) mass is 2120 g/mol. The number of aliphatic hydroxyl groups excluding tert-OH is 1. The highest BCUT2D eigenvalue weighted by molar-refractivity contribution is 6.42. The van der Waals surface area contributed by atoms with E-state index in [9.17, 15) is 83.6 Å². The van der Waals surface area contributed by atoms with Gasteiger partial charge in [-0.05, 0) is 130 Å². The molecule has 7 heterocycles. The number of imidazole rings is 2. The number of aliphatic carboxylic acids is 1. The molecule has 1 aliphatic heterocycles. The van der Waals surface area contributed by atoms with E-state index in [0.717, 1.165) is 77.7 Å². The molecule has 7 saturated carbocycles. The van der Waals surface area contributed by atoms with Crippen molar-refractivity contribution < 1.29 is 107 Å². The van der Waals surface area contributed by atoms with Crippen LogP contribution in [0.5, 0.6) is 0 Å². The number of hydrogen-bond acceptors (Lipinski definition) is 38. The first-order chi connectivity index (χ1) is 71.5. The van der Waals surface area contributed by atoms with Gasteiger partial charge in [0.1, 0.15) is 25.0 Å². The van der Waals surface area contributed by atoms with E-state index in [0.29, 0.717) is 82.1 Å². The van der Waals surface area contributed by atoms with Crippen molar-refractivity contribution in [2.45, 2.75) is 147 Å². The summed E-state index contributed by atoms with van der Waals surface area (Å²) in [7, 11) is 19.8. The molecule has 7 aliphatic carbocycles. The zero-order chi connectivity index (χ0) is 109. The maximum atomic E-state index is 13.0. The molecule has 6 aromatic heterocycles. The smallest absolute Gasteiger partial charge is 0.311 e. The molecule has 150 heavy (non-hydrogen) atoms. The number of nitrogens with one attached hydrogen (secondary N) is 5. The van der Waals surface area contributed by atoms with Gasteiger partial charge in [0.25, 0.3) is 0 Å². The number of carbonyl (C=O) groups is 9. The molecule has 0 unspecified atom stereocenters. The number of aromatic nitrogens is 8. The van der Waals surface area contributed by atoms with Crippen LogP contribution in [0.4, 0.5) is 45.9 Å². The predicted molar refractivity (Wildman–Crippen MR) is 553 cm³/mol. The Balaban J connectivity index is 0.000000232. The number of nitro groups is 4. The third-order valence-corrected chi connectivity index (χ3v) is 25.1. The van der Waals surface area contributed by atoms with Crippen LogP contribution in [0.3, 0.4) is 0 Å². The molecule has 10 aromatic rings. The highest BCUT2D eigenvalue weighted by atomic mass is 35.5. The van der Waals surface area contributed by atoms with Crippen molar-refractivity contribution in [3.05, 3.63) is 245 Å². The van der Waals surface area contributed by atoms with Gasteiger partial charge >= 0.3 is 28.7 Å². The summed E-state index contributed by atoms with van der Waals surface area (Å²) in [6, 6.07) is 45.8. The quantitative estimate of drug-likeness (QED) is 0.00866. The van der Waals surface area contributed by atoms with Gasteiger partial charge in [-0.15, -0.1) is 12.4 Å². The standard InChI is InChI=1S/C19H19N5O4.C18H16N4O3.C14H20N2O2.C12H16N4O4.C9H10N2O.C7H14N2O2.C7H11NO3.C5H3ClN2O2.C5H6O3.C2H7NO.CH4O.ClH/c1-28-11-23-15-6-3-2-5-14(15)22-19(23)17(25)12-9-13(10-12)21-18-16(24(26)27)7-4-8-20-18;23-17(15-10-11-4-1-2-5-14(11)21-15)12-8-13(9-12)20-18-16(22(24)25)6-3-7-19-18;1-16(18-2)14(17)12-8-13(9-12)15-10-11-6-4-3-5-7-11;1-15(20-2)12(17)8-6-9(7-8)14-11-10(16(18)19)4-3-5-13-11;1-12-7-11-6-10-8-4-2-3-5-9(8)11;1-9(11-2)7(10)5-3-6(8)4-5;1-8(11-2)7(10)5-3-6(9)4-5;6-5-4(8(9)10)2-1-3-7-5;6-4-1-3(2-4)5(7)8;1-3-4-2;1-2;/h2-8,12-13H,9-11H2,1H3,(H,20,21);1-7,12-13H,8-10H2,(H,19,20);3-7,12-13,15H,8-10H2,1-2H3;3-5,8-9H,6-7H2,1-2H3,(H,13,14);2-6H,7H2,1H3;5-6H,3-4,8H2,1-2H3;5H,3-4H2,1-2H3;1-3H;3H,1-2H2,(H,7,8);3H,1-2H3;2H,1H3;1H. The number of rotatable bonds is 31. The van der Waals surface area contributed by atoms with Gasteiger partial charge in [0, 0.05) is 204 Å². The number of nitrogens with zero attached hydrogens (tertiary/aromatic N) is 17. The maximum Gasteiger partial charge on any atom is 0.311 e. The number of amides is 4. The molecule has 0 bridgehead atoms. The van der Waals surface area contributed by atoms with E-state index in [2.05, 4.69) is 83.5 Å². The average molecular weight is 2130 g/mol. The van der Waals surface area contributed by atoms with Crippen LogP contribution in [0.15, 0.2) is 188 Å². The van der Waals surface area contributed by atoms with E-state index in [4.69, 9.17) is 51.5 Å². The molecule has 0 spiro atoms. The van der Waals surface area contributed by atoms with Gasteiger partial charge in [0.2, 0.25) is 52.0 Å². The van der Waals surface area contributed by atoms with Crippen LogP contribution in [0.25, 0.3) is 22.1 Å². The molecule has 0 atom stereocenters. The predicted octanol–water partition coefficient (Wildman–Crippen LogP) is 11.7. The van der Waals surface area contributed by atoms with Crippen LogP contribution in [0.2, 0.25) is 5.15 Å². The number of carboxylic acid groups (broad SMARTS) is 1. The minimum Gasteiger partial charge on any atom is -0.481 e. The summed E-state index contributed by atoms with van der Waals surface area (Å²) in [6.45, 7) is 1.67. The summed E-state index contributed by atoms with van der Waals surface area (Å²) < 4.78 is 14.0. The number of aliphatic hydroxyl groups is 1. The van der Waals surface area contributed by atoms with Crippen LogP contribution in [-0.4, -0.2) is 270 Å². The van der Waals surface area contributed by atoms with Gasteiger partial charge in [0.05, 0.1) is 107 Å². The summed E-state index contributed by atoms with van der Waals surface area (Å²) >= 11 is 5.37. The Bertz CT molecular complexity index is 6160. The summed E-state index contributed by atoms with van der Waals surface area (Å²) in [5, 5.41) is 75.8. The first-order valence-corrected chi connectivity index (χ1v) is 47.4. The number of aliphatic imine (C=N–C) groups is 1. The number of ketones is 4. The van der Waals surface area contributed by atoms with Gasteiger partial charge in [-0.3, -0.25) is 108 Å². The van der Waals surface area contributed by atoms with Gasteiger partial charge in [-0.1, -0.05) is 84.4 Å². The van der Waals surface area contributed by atoms with Gasteiger partial charge in [-0.2, -0.15) is 0 Å². The van der Waals surface area contributed by atoms with E-state index >= 15 is 0 Å². The number of halogens is 2. The number of fused-ring (bicyclic) bond motifs is 3. The van der Waals surface area contributed by atoms with Gasteiger partial charge < -0.3 is 56.1 Å². The van der Waals surface area contributed by atoms with Crippen molar-refractivity contribution in [1.29, 1.82) is 0 Å². The van der Waals surface area contributed by atoms with Gasteiger partial charge in [-0.25, -0.2) is 60.6 Å². The number of anilines is 3. The lowest BCUT2D eigenvalue weighted by Gasteiger charge is -2.36. The van der Waals surface area contributed by atoms with E-state index in [1.807, 2.05) is 95.6 Å². The number of para-hydroxylation sites is 5. The third-order valence-electron chi connectivity index (χ3n) is 24.8. The van der Waals surface area contributed by atoms with Crippen molar-refractivity contribution in [1.82, 2.24) is 70.1 Å². The minimum absolute atomic E-state index is 0. The fraction of sp³-hybridized carbons (Fsp3) is 0.434. The summed E-state index contributed by atoms with van der Waals surface area (Å²) in [4.78, 5) is 195. The van der Waals surface area contributed by atoms with Crippen molar-refractivity contribution in [3.8, 4) is 0 Å². The zero-order valence-corrected chi connectivity index (χ0v) is 86.7. The van der Waals surface area contributed by atoms with Crippen molar-refractivity contribution in [2.75, 3.05) is 108 Å². The van der Waals surface area contributed by atoms with Crippen molar-refractivity contribution in [2.24, 2.45) is 52.2 Å². The normalized spacial score (nSPS) is 18.7. The second-order valence-electron chi connectivity index (χ2n) is 34.7. The van der Waals surface area contributed by atoms with Crippen LogP contribution < -0.4 is 32.5 Å². The van der Waals surface area contributed by atoms with Gasteiger partial charge in [0.15, 0.2) is 11.6 Å². The maximum absolute atomic E-state index is 13.0. The molecule has 808 valence electrons. The second-order valence-corrected chi connectivity index (χ2v) is 35.1. The number of Topliss-reactive ketones (excluding diaryl/α,β-unsaturated/α-hetero) is 4. The Kier molecular flexibility index (Phi) is 50.4. The Morgan fingerprint density at radius 2 is 0.840 bits per heavy atom. The van der Waals surface area contributed by atoms with E-state index in [1.54, 1.807) is 67.5 Å². The highest BCUT2D eigenvalue weighted by Crippen LogP contribution is 2.40. The number of carboxylic acids is 1. The van der Waals surface area contributed by atoms with Crippen LogP contribution in [0.1, 0.15) is 112 Å². The number of carbonyl (C=O) groups excluding carboxylic acids is 8. The van der Waals surface area contributed by atoms with Crippen molar-refractivity contribution >= 4 is 150 Å². The number of hydroxylamine groups is 9. The lowest BCUT2D eigenvalue weighted by molar-refractivity contribution is -0.385. The van der Waals surface area contributed by atoms with Crippen LogP contribution >= 0.6 is 24.0 Å². The number of nitrogens with two attached hydrogens (primary N) is 1. The average Bonchev–Trinajstić information content (AvgIpc) is 1.66. The molecule has 49 nitrogen and oxygen atoms in total. The molecular formula is C99H127Cl2N23O26. The number of ether oxygens (including phenoxy) is 2. The first kappa shape index (κ1) is 122. The Morgan fingerprint density at radius 3 is 1.24 bits per heavy atom. The molecule has 4 aromatic carbocycles. The molecule has 9 N–H and O–H groups in total. The molecule has 18 rings (SSSR count). The van der Waals surface area contributed by atoms with E-state index in [1.165, 1.54) is 123 Å². The van der Waals surface area contributed by atoms with Crippen molar-refractivity contribution in [3.63, 3.8) is 0 Å². The third kappa shape index (κ3) is 35.8. The van der Waals surface area contributed by atoms with E-state index < -0.39 is 25.7 Å². The number of methoxy groups -OCH3 is 2. The number of hydrogen-bond donors (Lipinski definition) is 8. The van der Waals surface area contributed by atoms with Crippen LogP contribution in [0, 0.1) is 81.9 Å². The lowest BCUT2D eigenvalue weighted by Crippen LogP contribution is -2.47. The lowest BCUT2D eigenvalue weighted by atomic mass is 9.76. The summed E-state index contributed by atoms with van der Waals surface area (Å²) in [6.07, 6.45) is 16.6. The second kappa shape index (κ2) is 61.9. The Labute approximate surface area is 874 Å². The molecule has 0 radical (unpaired) electrons. The molecule has 4 amide bonds. The minimum atomic E-state index is -0.843. The fourth-order valence-electron chi connectivity index (χ4n) is 15.8.